The summed E-state index contributed by atoms with van der Waals surface area (Å²) in [6, 6.07) is 0. The fraction of sp³-hybridized carbons (Fsp3) is 0.600. The summed E-state index contributed by atoms with van der Waals surface area (Å²) in [5, 5.41) is 9.21. The lowest BCUT2D eigenvalue weighted by Gasteiger charge is -2.33. The summed E-state index contributed by atoms with van der Waals surface area (Å²) >= 11 is 0. The van der Waals surface area contributed by atoms with Gasteiger partial charge < -0.3 is 15.7 Å². The first-order valence-corrected chi connectivity index (χ1v) is 4.87. The Kier molecular flexibility index (Phi) is 3.60. The molecule has 0 atom stereocenters. The van der Waals surface area contributed by atoms with Crippen LogP contribution in [0.1, 0.15) is 19.4 Å². The van der Waals surface area contributed by atoms with E-state index in [0.29, 0.717) is 12.5 Å². The number of aromatic nitrogens is 2. The highest BCUT2D eigenvalue weighted by Crippen LogP contribution is 2.17. The molecule has 84 valence electrons. The summed E-state index contributed by atoms with van der Waals surface area (Å²) in [6.45, 7) is 4.33. The van der Waals surface area contributed by atoms with E-state index in [0.717, 1.165) is 5.56 Å². The van der Waals surface area contributed by atoms with Crippen molar-refractivity contribution in [2.45, 2.75) is 25.9 Å². The number of anilines is 1. The number of nitrogens with zero attached hydrogens (tertiary/aromatic N) is 3. The van der Waals surface area contributed by atoms with Crippen LogP contribution >= 0.6 is 0 Å². The van der Waals surface area contributed by atoms with Gasteiger partial charge in [-0.25, -0.2) is 9.97 Å². The van der Waals surface area contributed by atoms with Crippen molar-refractivity contribution in [3.63, 3.8) is 0 Å². The van der Waals surface area contributed by atoms with Crippen LogP contribution in [0.3, 0.4) is 0 Å². The van der Waals surface area contributed by atoms with Crippen LogP contribution in [0.15, 0.2) is 12.4 Å². The molecule has 0 amide bonds. The fourth-order valence-electron chi connectivity index (χ4n) is 1.00. The minimum absolute atomic E-state index is 0.0471. The van der Waals surface area contributed by atoms with Crippen molar-refractivity contribution < 1.29 is 5.11 Å². The van der Waals surface area contributed by atoms with Crippen LogP contribution in [-0.2, 0) is 6.54 Å². The van der Waals surface area contributed by atoms with E-state index in [-0.39, 0.29) is 12.1 Å². The maximum atomic E-state index is 9.21. The minimum atomic E-state index is -0.371. The maximum Gasteiger partial charge on any atom is 0.225 e. The van der Waals surface area contributed by atoms with Crippen LogP contribution in [-0.4, -0.2) is 34.3 Å². The lowest BCUT2D eigenvalue weighted by atomic mass is 10.1. The highest BCUT2D eigenvalue weighted by Gasteiger charge is 2.24. The third-order valence-corrected chi connectivity index (χ3v) is 2.52. The average molecular weight is 210 g/mol. The molecule has 15 heavy (non-hydrogen) atoms. The van der Waals surface area contributed by atoms with Crippen molar-refractivity contribution in [1.29, 1.82) is 0 Å². The predicted octanol–water partition coefficient (Wildman–Crippen LogP) is 0.142. The number of nitrogens with two attached hydrogens (primary N) is 1. The molecule has 0 bridgehead atoms. The van der Waals surface area contributed by atoms with E-state index >= 15 is 0 Å². The number of hydrogen-bond donors (Lipinski definition) is 2. The Morgan fingerprint density at radius 2 is 1.93 bits per heavy atom. The molecule has 0 aliphatic carbocycles. The van der Waals surface area contributed by atoms with E-state index in [1.54, 1.807) is 12.4 Å². The van der Waals surface area contributed by atoms with E-state index < -0.39 is 0 Å². The average Bonchev–Trinajstić information content (AvgIpc) is 2.28. The Morgan fingerprint density at radius 1 is 1.40 bits per heavy atom. The Morgan fingerprint density at radius 3 is 2.33 bits per heavy atom. The molecule has 0 radical (unpaired) electrons. The molecule has 0 saturated heterocycles. The molecular weight excluding hydrogens is 192 g/mol. The summed E-state index contributed by atoms with van der Waals surface area (Å²) in [6.07, 6.45) is 3.40. The first-order chi connectivity index (χ1) is 7.01. The second-order valence-electron chi connectivity index (χ2n) is 4.13. The number of aliphatic hydroxyl groups excluding tert-OH is 1. The first-order valence-electron chi connectivity index (χ1n) is 4.87. The molecule has 0 spiro atoms. The van der Waals surface area contributed by atoms with Crippen molar-refractivity contribution in [1.82, 2.24) is 9.97 Å². The highest BCUT2D eigenvalue weighted by molar-refractivity contribution is 5.32. The normalized spacial score (nSPS) is 11.5. The monoisotopic (exact) mass is 210 g/mol. The minimum Gasteiger partial charge on any atom is -0.394 e. The number of likely N-dealkylation sites (N-methyl/N-ethyl adjacent to an activating group) is 1. The number of aliphatic hydroxyl groups is 1. The molecule has 0 aliphatic rings. The lowest BCUT2D eigenvalue weighted by molar-refractivity contribution is 0.215. The van der Waals surface area contributed by atoms with Gasteiger partial charge in [-0.2, -0.15) is 0 Å². The largest absolute Gasteiger partial charge is 0.394 e. The van der Waals surface area contributed by atoms with Gasteiger partial charge in [-0.1, -0.05) is 0 Å². The summed E-state index contributed by atoms with van der Waals surface area (Å²) in [4.78, 5) is 10.2. The molecule has 5 nitrogen and oxygen atoms in total. The van der Waals surface area contributed by atoms with Gasteiger partial charge in [0.2, 0.25) is 5.95 Å². The molecule has 1 heterocycles. The van der Waals surface area contributed by atoms with Crippen LogP contribution in [0.25, 0.3) is 0 Å². The smallest absolute Gasteiger partial charge is 0.225 e. The van der Waals surface area contributed by atoms with Gasteiger partial charge in [0, 0.05) is 31.5 Å². The summed E-state index contributed by atoms with van der Waals surface area (Å²) in [5.74, 6) is 0.589. The molecule has 0 saturated carbocycles. The zero-order chi connectivity index (χ0) is 11.5. The van der Waals surface area contributed by atoms with Crippen LogP contribution < -0.4 is 10.6 Å². The zero-order valence-corrected chi connectivity index (χ0v) is 9.44. The predicted molar refractivity (Wildman–Crippen MR) is 59.5 cm³/mol. The molecule has 1 rings (SSSR count). The molecule has 5 heteroatoms. The van der Waals surface area contributed by atoms with Gasteiger partial charge in [0.25, 0.3) is 0 Å². The Bertz CT molecular complexity index is 310. The molecule has 1 aromatic heterocycles. The van der Waals surface area contributed by atoms with Crippen LogP contribution in [0, 0.1) is 0 Å². The zero-order valence-electron chi connectivity index (χ0n) is 9.44. The molecule has 3 N–H and O–H groups in total. The second kappa shape index (κ2) is 4.55. The third-order valence-electron chi connectivity index (χ3n) is 2.52. The highest BCUT2D eigenvalue weighted by atomic mass is 16.3. The van der Waals surface area contributed by atoms with Crippen molar-refractivity contribution in [3.05, 3.63) is 18.0 Å². The Hall–Kier alpha value is -1.20. The Balaban J connectivity index is 2.87. The van der Waals surface area contributed by atoms with E-state index in [1.165, 1.54) is 0 Å². The summed E-state index contributed by atoms with van der Waals surface area (Å²) < 4.78 is 0. The quantitative estimate of drug-likeness (QED) is 0.739. The molecule has 0 aliphatic heterocycles. The molecule has 0 aromatic carbocycles. The maximum absolute atomic E-state index is 9.21. The van der Waals surface area contributed by atoms with Crippen LogP contribution in [0.5, 0.6) is 0 Å². The van der Waals surface area contributed by atoms with Crippen LogP contribution in [0.4, 0.5) is 5.95 Å². The Labute approximate surface area is 90.0 Å². The molecule has 1 aromatic rings. The summed E-state index contributed by atoms with van der Waals surface area (Å²) in [5.41, 5.74) is 5.98. The van der Waals surface area contributed by atoms with Gasteiger partial charge in [-0.3, -0.25) is 0 Å². The standard InChI is InChI=1S/C10H18N4O/c1-10(2,7-15)14(3)9-12-5-8(4-11)6-13-9/h5-6,15H,4,7,11H2,1-3H3. The topological polar surface area (TPSA) is 75.3 Å². The van der Waals surface area contributed by atoms with Gasteiger partial charge in [0.1, 0.15) is 0 Å². The van der Waals surface area contributed by atoms with Gasteiger partial charge in [-0.05, 0) is 13.8 Å². The van der Waals surface area contributed by atoms with Gasteiger partial charge >= 0.3 is 0 Å². The molecular formula is C10H18N4O. The SMILES string of the molecule is CN(c1ncc(CN)cn1)C(C)(C)CO. The van der Waals surface area contributed by atoms with E-state index in [1.807, 2.05) is 25.8 Å². The van der Waals surface area contributed by atoms with Crippen molar-refractivity contribution in [2.24, 2.45) is 5.73 Å². The molecule has 0 fully saturated rings. The van der Waals surface area contributed by atoms with Gasteiger partial charge in [-0.15, -0.1) is 0 Å². The second-order valence-corrected chi connectivity index (χ2v) is 4.13. The summed E-state index contributed by atoms with van der Waals surface area (Å²) in [7, 11) is 1.85. The van der Waals surface area contributed by atoms with Crippen molar-refractivity contribution >= 4 is 5.95 Å². The van der Waals surface area contributed by atoms with Crippen molar-refractivity contribution in [2.75, 3.05) is 18.6 Å². The number of hydrogen-bond acceptors (Lipinski definition) is 5. The van der Waals surface area contributed by atoms with Gasteiger partial charge in [0.05, 0.1) is 12.1 Å². The van der Waals surface area contributed by atoms with E-state index in [4.69, 9.17) is 5.73 Å². The molecule has 0 unspecified atom stereocenters. The number of rotatable bonds is 4. The fourth-order valence-corrected chi connectivity index (χ4v) is 1.00. The van der Waals surface area contributed by atoms with Crippen molar-refractivity contribution in [3.8, 4) is 0 Å². The van der Waals surface area contributed by atoms with Gasteiger partial charge in [0.15, 0.2) is 0 Å². The lowest BCUT2D eigenvalue weighted by Crippen LogP contribution is -2.45. The van der Waals surface area contributed by atoms with Crippen LogP contribution in [0.2, 0.25) is 0 Å². The first kappa shape index (κ1) is 11.9. The van der Waals surface area contributed by atoms with E-state index in [2.05, 4.69) is 9.97 Å². The van der Waals surface area contributed by atoms with E-state index in [9.17, 15) is 5.11 Å². The third kappa shape index (κ3) is 2.64.